The molecule has 0 amide bonds. The highest BCUT2D eigenvalue weighted by atomic mass is 127. The van der Waals surface area contributed by atoms with Crippen molar-refractivity contribution in [2.24, 2.45) is 10.4 Å². The third-order valence-electron chi connectivity index (χ3n) is 2.69. The Kier molecular flexibility index (Phi) is 9.37. The number of hydrogen-bond acceptors (Lipinski definition) is 3. The van der Waals surface area contributed by atoms with Crippen LogP contribution >= 0.6 is 35.3 Å². The van der Waals surface area contributed by atoms with Gasteiger partial charge in [0.1, 0.15) is 0 Å². The van der Waals surface area contributed by atoms with Gasteiger partial charge >= 0.3 is 0 Å². The van der Waals surface area contributed by atoms with Crippen molar-refractivity contribution in [2.45, 2.75) is 40.5 Å². The molecule has 6 heteroatoms. The fraction of sp³-hybridized carbons (Fsp3) is 0.714. The van der Waals surface area contributed by atoms with E-state index in [0.29, 0.717) is 5.41 Å². The maximum Gasteiger partial charge on any atom is 0.190 e. The summed E-state index contributed by atoms with van der Waals surface area (Å²) < 4.78 is 0. The highest BCUT2D eigenvalue weighted by molar-refractivity contribution is 14.0. The molecule has 20 heavy (non-hydrogen) atoms. The molecule has 0 aromatic carbocycles. The molecular formula is C14H27IN4S. The Balaban J connectivity index is 0.00000361. The van der Waals surface area contributed by atoms with E-state index in [1.807, 2.05) is 6.20 Å². The number of guanidine groups is 1. The lowest BCUT2D eigenvalue weighted by Gasteiger charge is -2.19. The molecule has 4 nitrogen and oxygen atoms in total. The molecule has 0 aliphatic carbocycles. The average molecular weight is 410 g/mol. The number of nitrogens with zero attached hydrogens (tertiary/aromatic N) is 2. The summed E-state index contributed by atoms with van der Waals surface area (Å²) in [5, 5.41) is 7.83. The largest absolute Gasteiger partial charge is 0.356 e. The van der Waals surface area contributed by atoms with Crippen LogP contribution in [-0.4, -0.2) is 31.1 Å². The number of rotatable bonds is 5. The third-order valence-corrected chi connectivity index (χ3v) is 3.66. The van der Waals surface area contributed by atoms with E-state index in [-0.39, 0.29) is 24.0 Å². The normalized spacial score (nSPS) is 11.9. The second kappa shape index (κ2) is 9.55. The molecule has 0 atom stereocenters. The molecule has 0 unspecified atom stereocenters. The van der Waals surface area contributed by atoms with Crippen LogP contribution in [0.15, 0.2) is 11.2 Å². The van der Waals surface area contributed by atoms with Gasteiger partial charge in [-0.3, -0.25) is 4.99 Å². The van der Waals surface area contributed by atoms with Crippen molar-refractivity contribution in [1.82, 2.24) is 15.6 Å². The van der Waals surface area contributed by atoms with Crippen LogP contribution in [0, 0.1) is 12.3 Å². The van der Waals surface area contributed by atoms with Gasteiger partial charge in [-0.1, -0.05) is 20.8 Å². The Hall–Kier alpha value is -0.370. The Morgan fingerprint density at radius 1 is 1.30 bits per heavy atom. The van der Waals surface area contributed by atoms with Crippen molar-refractivity contribution >= 4 is 41.3 Å². The van der Waals surface area contributed by atoms with E-state index in [4.69, 9.17) is 0 Å². The zero-order valence-corrected chi connectivity index (χ0v) is 16.3. The molecule has 0 saturated heterocycles. The first-order chi connectivity index (χ1) is 8.90. The number of aromatic nitrogens is 1. The lowest BCUT2D eigenvalue weighted by molar-refractivity contribution is 0.377. The molecule has 0 aliphatic rings. The Morgan fingerprint density at radius 3 is 2.45 bits per heavy atom. The summed E-state index contributed by atoms with van der Waals surface area (Å²) in [7, 11) is 1.81. The monoisotopic (exact) mass is 410 g/mol. The molecule has 116 valence electrons. The van der Waals surface area contributed by atoms with Gasteiger partial charge in [0, 0.05) is 37.6 Å². The molecule has 0 fully saturated rings. The zero-order valence-electron chi connectivity index (χ0n) is 13.1. The summed E-state index contributed by atoms with van der Waals surface area (Å²) in [4.78, 5) is 9.84. The lowest BCUT2D eigenvalue weighted by Crippen LogP contribution is -2.39. The van der Waals surface area contributed by atoms with Gasteiger partial charge < -0.3 is 10.6 Å². The number of nitrogens with one attached hydrogen (secondary N) is 2. The van der Waals surface area contributed by atoms with E-state index >= 15 is 0 Å². The standard InChI is InChI=1S/C14H26N4S.HI/c1-11-10-18-12(19-11)6-8-16-13(15-5)17-9-7-14(2,3)4;/h10H,6-9H2,1-5H3,(H2,15,16,17);1H. The van der Waals surface area contributed by atoms with Gasteiger partial charge in [-0.15, -0.1) is 35.3 Å². The van der Waals surface area contributed by atoms with Crippen molar-refractivity contribution in [3.63, 3.8) is 0 Å². The molecule has 2 N–H and O–H groups in total. The summed E-state index contributed by atoms with van der Waals surface area (Å²) in [6, 6.07) is 0. The first kappa shape index (κ1) is 19.6. The number of aliphatic imine (C=N–C) groups is 1. The molecule has 0 radical (unpaired) electrons. The molecule has 1 aromatic rings. The van der Waals surface area contributed by atoms with Gasteiger partial charge in [0.15, 0.2) is 5.96 Å². The SMILES string of the molecule is CN=C(NCCc1ncc(C)s1)NCCC(C)(C)C.I. The minimum atomic E-state index is 0. The molecule has 1 aromatic heterocycles. The van der Waals surface area contributed by atoms with Gasteiger partial charge in [-0.25, -0.2) is 4.98 Å². The van der Waals surface area contributed by atoms with Crippen molar-refractivity contribution in [3.8, 4) is 0 Å². The summed E-state index contributed by atoms with van der Waals surface area (Å²) in [5.74, 6) is 0.873. The topological polar surface area (TPSA) is 49.3 Å². The van der Waals surface area contributed by atoms with Crippen LogP contribution in [0.2, 0.25) is 0 Å². The van der Waals surface area contributed by atoms with E-state index in [9.17, 15) is 0 Å². The smallest absolute Gasteiger partial charge is 0.190 e. The molecule has 1 heterocycles. The van der Waals surface area contributed by atoms with Crippen LogP contribution in [0.1, 0.15) is 37.1 Å². The van der Waals surface area contributed by atoms with Crippen molar-refractivity contribution < 1.29 is 0 Å². The third kappa shape index (κ3) is 8.73. The van der Waals surface area contributed by atoms with Crippen LogP contribution < -0.4 is 10.6 Å². The van der Waals surface area contributed by atoms with Gasteiger partial charge in [-0.05, 0) is 18.8 Å². The first-order valence-corrected chi connectivity index (χ1v) is 7.58. The van der Waals surface area contributed by atoms with E-state index in [1.165, 1.54) is 9.88 Å². The molecule has 0 spiro atoms. The highest BCUT2D eigenvalue weighted by Gasteiger charge is 2.09. The number of hydrogen-bond donors (Lipinski definition) is 2. The Labute approximate surface area is 143 Å². The second-order valence-corrected chi connectivity index (χ2v) is 7.17. The lowest BCUT2D eigenvalue weighted by atomic mass is 9.92. The molecule has 0 saturated carbocycles. The Bertz CT molecular complexity index is 410. The van der Waals surface area contributed by atoms with Crippen molar-refractivity contribution in [2.75, 3.05) is 20.1 Å². The molecule has 1 rings (SSSR count). The van der Waals surface area contributed by atoms with Crippen LogP contribution in [0.25, 0.3) is 0 Å². The quantitative estimate of drug-likeness (QED) is 0.445. The molecular weight excluding hydrogens is 383 g/mol. The van der Waals surface area contributed by atoms with E-state index in [2.05, 4.69) is 48.3 Å². The average Bonchev–Trinajstić information content (AvgIpc) is 2.71. The number of thiazole rings is 1. The second-order valence-electron chi connectivity index (χ2n) is 5.85. The minimum Gasteiger partial charge on any atom is -0.356 e. The number of halogens is 1. The first-order valence-electron chi connectivity index (χ1n) is 6.76. The van der Waals surface area contributed by atoms with Crippen LogP contribution in [-0.2, 0) is 6.42 Å². The van der Waals surface area contributed by atoms with Crippen LogP contribution in [0.5, 0.6) is 0 Å². The van der Waals surface area contributed by atoms with Crippen molar-refractivity contribution in [1.29, 1.82) is 0 Å². The maximum atomic E-state index is 4.35. The van der Waals surface area contributed by atoms with Gasteiger partial charge in [0.2, 0.25) is 0 Å². The summed E-state index contributed by atoms with van der Waals surface area (Å²) in [6.45, 7) is 10.6. The fourth-order valence-corrected chi connectivity index (χ4v) is 2.37. The van der Waals surface area contributed by atoms with E-state index in [0.717, 1.165) is 31.9 Å². The van der Waals surface area contributed by atoms with Gasteiger partial charge in [0.25, 0.3) is 0 Å². The van der Waals surface area contributed by atoms with Crippen LogP contribution in [0.4, 0.5) is 0 Å². The van der Waals surface area contributed by atoms with Gasteiger partial charge in [0.05, 0.1) is 5.01 Å². The summed E-state index contributed by atoms with van der Waals surface area (Å²) in [5.41, 5.74) is 0.351. The predicted octanol–water partition coefficient (Wildman–Crippen LogP) is 3.21. The Morgan fingerprint density at radius 2 is 1.95 bits per heavy atom. The minimum absolute atomic E-state index is 0. The van der Waals surface area contributed by atoms with Crippen LogP contribution in [0.3, 0.4) is 0 Å². The number of aryl methyl sites for hydroxylation is 1. The zero-order chi connectivity index (χ0) is 14.3. The van der Waals surface area contributed by atoms with E-state index in [1.54, 1.807) is 18.4 Å². The van der Waals surface area contributed by atoms with Crippen molar-refractivity contribution in [3.05, 3.63) is 16.1 Å². The predicted molar refractivity (Wildman–Crippen MR) is 99.4 cm³/mol. The summed E-state index contributed by atoms with van der Waals surface area (Å²) >= 11 is 1.76. The van der Waals surface area contributed by atoms with Gasteiger partial charge in [-0.2, -0.15) is 0 Å². The fourth-order valence-electron chi connectivity index (χ4n) is 1.58. The van der Waals surface area contributed by atoms with E-state index < -0.39 is 0 Å². The maximum absolute atomic E-state index is 4.35. The highest BCUT2D eigenvalue weighted by Crippen LogP contribution is 2.16. The summed E-state index contributed by atoms with van der Waals surface area (Å²) in [6.07, 6.45) is 3.99. The molecule has 0 bridgehead atoms. The molecule has 0 aliphatic heterocycles.